The topological polar surface area (TPSA) is 70.8 Å². The molecule has 1 fully saturated rings. The molecule has 6 nitrogen and oxygen atoms in total. The predicted molar refractivity (Wildman–Crippen MR) is 53.2 cm³/mol. The van der Waals surface area contributed by atoms with Crippen LogP contribution in [0.4, 0.5) is 0 Å². The van der Waals surface area contributed by atoms with Gasteiger partial charge < -0.3 is 13.6 Å². The minimum absolute atomic E-state index is 0.0583. The molecular formula is C6H12NO5PS. The molecule has 0 spiro atoms. The van der Waals surface area contributed by atoms with Crippen LogP contribution in [0, 0.1) is 10.1 Å². The van der Waals surface area contributed by atoms with Crippen molar-refractivity contribution in [1.82, 2.24) is 0 Å². The number of hydrogen-bond acceptors (Lipinski definition) is 6. The Morgan fingerprint density at radius 2 is 2.14 bits per heavy atom. The van der Waals surface area contributed by atoms with E-state index < -0.39 is 17.2 Å². The summed E-state index contributed by atoms with van der Waals surface area (Å²) >= 11 is 4.96. The first kappa shape index (κ1) is 12.0. The van der Waals surface area contributed by atoms with Gasteiger partial charge in [0.15, 0.2) is 0 Å². The van der Waals surface area contributed by atoms with Crippen molar-refractivity contribution in [3.63, 3.8) is 0 Å². The minimum Gasteiger partial charge on any atom is -0.309 e. The van der Waals surface area contributed by atoms with E-state index in [1.54, 1.807) is 6.92 Å². The van der Waals surface area contributed by atoms with Gasteiger partial charge in [-0.15, -0.1) is 0 Å². The van der Waals surface area contributed by atoms with Crippen LogP contribution in [0.15, 0.2) is 0 Å². The van der Waals surface area contributed by atoms with Crippen molar-refractivity contribution in [2.45, 2.75) is 19.4 Å². The Hall–Kier alpha value is -0.0700. The molecule has 82 valence electrons. The van der Waals surface area contributed by atoms with Crippen LogP contribution in [0.5, 0.6) is 0 Å². The highest BCUT2D eigenvalue weighted by Crippen LogP contribution is 2.53. The van der Waals surface area contributed by atoms with Crippen LogP contribution in [0.25, 0.3) is 0 Å². The van der Waals surface area contributed by atoms with E-state index in [2.05, 4.69) is 0 Å². The van der Waals surface area contributed by atoms with E-state index in [0.29, 0.717) is 6.61 Å². The smallest absolute Gasteiger partial charge is 0.309 e. The fourth-order valence-electron chi connectivity index (χ4n) is 0.853. The predicted octanol–water partition coefficient (Wildman–Crippen LogP) is 1.33. The third-order valence-electron chi connectivity index (χ3n) is 1.80. The van der Waals surface area contributed by atoms with Crippen molar-refractivity contribution in [2.75, 3.05) is 19.8 Å². The average Bonchev–Trinajstić information content (AvgIpc) is 2.11. The second-order valence-electron chi connectivity index (χ2n) is 3.17. The summed E-state index contributed by atoms with van der Waals surface area (Å²) in [6.07, 6.45) is 0. The lowest BCUT2D eigenvalue weighted by Crippen LogP contribution is -2.46. The second-order valence-corrected chi connectivity index (χ2v) is 6.18. The lowest BCUT2D eigenvalue weighted by molar-refractivity contribution is -0.573. The van der Waals surface area contributed by atoms with Gasteiger partial charge in [0.05, 0.1) is 6.61 Å². The van der Waals surface area contributed by atoms with Crippen molar-refractivity contribution in [2.24, 2.45) is 0 Å². The standard InChI is InChI=1S/C6H12NO5PS/c1-3-10-13(14)11-4-6(2,5-12-13)7(8)9/h3-5H2,1-2H3. The van der Waals surface area contributed by atoms with Gasteiger partial charge in [-0.25, -0.2) is 0 Å². The Bertz CT molecular complexity index is 271. The van der Waals surface area contributed by atoms with Crippen LogP contribution in [-0.4, -0.2) is 30.3 Å². The molecule has 0 aromatic carbocycles. The number of hydrogen-bond donors (Lipinski definition) is 0. The van der Waals surface area contributed by atoms with Crippen LogP contribution >= 0.6 is 6.72 Å². The number of nitro groups is 1. The fraction of sp³-hybridized carbons (Fsp3) is 1.00. The molecule has 1 saturated heterocycles. The fourth-order valence-corrected chi connectivity index (χ4v) is 2.90. The Morgan fingerprint density at radius 3 is 2.50 bits per heavy atom. The normalized spacial score (nSPS) is 38.1. The Labute approximate surface area is 86.9 Å². The van der Waals surface area contributed by atoms with Gasteiger partial charge in [0.1, 0.15) is 13.2 Å². The molecule has 0 radical (unpaired) electrons. The molecule has 1 aliphatic heterocycles. The molecular weight excluding hydrogens is 229 g/mol. The first-order chi connectivity index (χ1) is 6.42. The maximum Gasteiger partial charge on any atom is 0.327 e. The summed E-state index contributed by atoms with van der Waals surface area (Å²) in [5, 5.41) is 10.6. The van der Waals surface area contributed by atoms with Gasteiger partial charge in [-0.2, -0.15) is 0 Å². The zero-order valence-corrected chi connectivity index (χ0v) is 9.68. The minimum atomic E-state index is -2.70. The van der Waals surface area contributed by atoms with E-state index >= 15 is 0 Å². The average molecular weight is 241 g/mol. The molecule has 0 amide bonds. The van der Waals surface area contributed by atoms with Crippen molar-refractivity contribution in [3.05, 3.63) is 10.1 Å². The van der Waals surface area contributed by atoms with Crippen LogP contribution in [0.3, 0.4) is 0 Å². The van der Waals surface area contributed by atoms with Crippen molar-refractivity contribution in [3.8, 4) is 0 Å². The number of rotatable bonds is 3. The Balaban J connectivity index is 2.62. The molecule has 14 heavy (non-hydrogen) atoms. The molecule has 0 atom stereocenters. The van der Waals surface area contributed by atoms with Gasteiger partial charge in [0, 0.05) is 11.8 Å². The maximum absolute atomic E-state index is 10.6. The summed E-state index contributed by atoms with van der Waals surface area (Å²) in [5.74, 6) is 0. The molecule has 1 rings (SSSR count). The molecule has 0 saturated carbocycles. The van der Waals surface area contributed by atoms with Crippen LogP contribution in [0.1, 0.15) is 13.8 Å². The SMILES string of the molecule is CCOP1(=S)OCC(C)([N+](=O)[O-])CO1. The molecule has 8 heteroatoms. The Morgan fingerprint density at radius 1 is 1.64 bits per heavy atom. The summed E-state index contributed by atoms with van der Waals surface area (Å²) in [6.45, 7) is 0.783. The third kappa shape index (κ3) is 2.49. The molecule has 0 N–H and O–H groups in total. The maximum atomic E-state index is 10.6. The molecule has 1 heterocycles. The summed E-state index contributed by atoms with van der Waals surface area (Å²) < 4.78 is 15.3. The van der Waals surface area contributed by atoms with Gasteiger partial charge in [-0.3, -0.25) is 10.1 Å². The lowest BCUT2D eigenvalue weighted by Gasteiger charge is -2.32. The van der Waals surface area contributed by atoms with Gasteiger partial charge in [0.25, 0.3) is 5.54 Å². The van der Waals surface area contributed by atoms with Gasteiger partial charge >= 0.3 is 6.72 Å². The third-order valence-corrected chi connectivity index (χ3v) is 4.21. The first-order valence-corrected chi connectivity index (χ1v) is 6.66. The zero-order valence-electron chi connectivity index (χ0n) is 7.97. The monoisotopic (exact) mass is 241 g/mol. The zero-order chi connectivity index (χ0) is 10.8. The van der Waals surface area contributed by atoms with E-state index in [-0.39, 0.29) is 13.2 Å². The molecule has 0 aliphatic carbocycles. The van der Waals surface area contributed by atoms with Crippen molar-refractivity contribution in [1.29, 1.82) is 0 Å². The van der Waals surface area contributed by atoms with Crippen LogP contribution < -0.4 is 0 Å². The summed E-state index contributed by atoms with van der Waals surface area (Å²) in [7, 11) is 0. The van der Waals surface area contributed by atoms with E-state index in [1.165, 1.54) is 6.92 Å². The van der Waals surface area contributed by atoms with Gasteiger partial charge in [0.2, 0.25) is 0 Å². The Kier molecular flexibility index (Phi) is 3.60. The quantitative estimate of drug-likeness (QED) is 0.421. The van der Waals surface area contributed by atoms with E-state index in [4.69, 9.17) is 25.4 Å². The van der Waals surface area contributed by atoms with E-state index in [1.807, 2.05) is 0 Å². The molecule has 0 aromatic heterocycles. The van der Waals surface area contributed by atoms with Gasteiger partial charge in [-0.1, -0.05) is 0 Å². The van der Waals surface area contributed by atoms with Crippen LogP contribution in [-0.2, 0) is 25.4 Å². The highest BCUT2D eigenvalue weighted by atomic mass is 32.5. The lowest BCUT2D eigenvalue weighted by atomic mass is 10.1. The van der Waals surface area contributed by atoms with Crippen molar-refractivity contribution < 1.29 is 18.5 Å². The second kappa shape index (κ2) is 4.20. The first-order valence-electron chi connectivity index (χ1n) is 4.10. The molecule has 0 aromatic rings. The van der Waals surface area contributed by atoms with E-state index in [0.717, 1.165) is 0 Å². The molecule has 0 bridgehead atoms. The highest BCUT2D eigenvalue weighted by molar-refractivity contribution is 8.07. The largest absolute Gasteiger partial charge is 0.327 e. The molecule has 1 aliphatic rings. The van der Waals surface area contributed by atoms with E-state index in [9.17, 15) is 10.1 Å². The summed E-state index contributed by atoms with van der Waals surface area (Å²) in [4.78, 5) is 10.2. The summed E-state index contributed by atoms with van der Waals surface area (Å²) in [6, 6.07) is 0. The van der Waals surface area contributed by atoms with Crippen molar-refractivity contribution >= 4 is 18.5 Å². The number of nitrogens with zero attached hydrogens (tertiary/aromatic N) is 1. The molecule has 0 unspecified atom stereocenters. The summed E-state index contributed by atoms with van der Waals surface area (Å²) in [5.41, 5.74) is -1.21. The highest BCUT2D eigenvalue weighted by Gasteiger charge is 2.46. The van der Waals surface area contributed by atoms with Gasteiger partial charge in [-0.05, 0) is 18.7 Å². The van der Waals surface area contributed by atoms with Crippen LogP contribution in [0.2, 0.25) is 0 Å².